The Hall–Kier alpha value is -2.95. The molecule has 0 unspecified atom stereocenters. The molecule has 0 atom stereocenters. The maximum absolute atomic E-state index is 13.3. The number of amides is 1. The summed E-state index contributed by atoms with van der Waals surface area (Å²) in [6.45, 7) is 5.22. The largest absolute Gasteiger partial charge is 0.370 e. The topological polar surface area (TPSA) is 42.8 Å². The molecule has 0 aliphatic carbocycles. The quantitative estimate of drug-likeness (QED) is 0.639. The van der Waals surface area contributed by atoms with E-state index in [0.717, 1.165) is 44.0 Å². The number of ether oxygens (including phenoxy) is 1. The van der Waals surface area contributed by atoms with Crippen molar-refractivity contribution in [2.75, 3.05) is 26.3 Å². The van der Waals surface area contributed by atoms with Gasteiger partial charge in [-0.15, -0.1) is 0 Å². The molecule has 4 rings (SSSR count). The minimum atomic E-state index is -0.315. The summed E-state index contributed by atoms with van der Waals surface area (Å²) in [6, 6.07) is 28.4. The zero-order valence-corrected chi connectivity index (χ0v) is 17.2. The molecule has 0 radical (unpaired) electrons. The molecule has 1 amide bonds. The van der Waals surface area contributed by atoms with Crippen molar-refractivity contribution in [3.8, 4) is 0 Å². The summed E-state index contributed by atoms with van der Waals surface area (Å²) in [5.41, 5.74) is 4.50. The number of nitrogens with one attached hydrogen (secondary N) is 2. The molecule has 3 aromatic rings. The van der Waals surface area contributed by atoms with Gasteiger partial charge >= 0.3 is 0 Å². The summed E-state index contributed by atoms with van der Waals surface area (Å²) in [5.74, 6) is -0.287. The van der Waals surface area contributed by atoms with Crippen LogP contribution in [0.5, 0.6) is 0 Å². The molecule has 0 bridgehead atoms. The minimum Gasteiger partial charge on any atom is -0.370 e. The molecule has 0 saturated carbocycles. The molecule has 2 N–H and O–H groups in total. The smallest absolute Gasteiger partial charge is 0.232 e. The van der Waals surface area contributed by atoms with Gasteiger partial charge in [0.1, 0.15) is 19.6 Å². The number of hydrogen-bond acceptors (Lipinski definition) is 2. The predicted octanol–water partition coefficient (Wildman–Crippen LogP) is 2.55. The first kappa shape index (κ1) is 20.3. The highest BCUT2D eigenvalue weighted by Crippen LogP contribution is 2.25. The fourth-order valence-electron chi connectivity index (χ4n) is 4.08. The van der Waals surface area contributed by atoms with Crippen LogP contribution < -0.4 is 10.2 Å². The van der Waals surface area contributed by atoms with Gasteiger partial charge < -0.3 is 15.0 Å². The predicted molar refractivity (Wildman–Crippen MR) is 118 cm³/mol. The van der Waals surface area contributed by atoms with Crippen molar-refractivity contribution in [1.29, 1.82) is 0 Å². The van der Waals surface area contributed by atoms with Crippen LogP contribution in [0.15, 0.2) is 84.9 Å². The summed E-state index contributed by atoms with van der Waals surface area (Å²) in [5, 5.41) is 3.20. The van der Waals surface area contributed by atoms with Gasteiger partial charge in [-0.1, -0.05) is 84.9 Å². The van der Waals surface area contributed by atoms with Crippen molar-refractivity contribution in [2.45, 2.75) is 19.0 Å². The highest BCUT2D eigenvalue weighted by atomic mass is 16.5. The van der Waals surface area contributed by atoms with Crippen LogP contribution in [0.25, 0.3) is 0 Å². The molecule has 4 heteroatoms. The molecule has 1 heterocycles. The second kappa shape index (κ2) is 10.2. The van der Waals surface area contributed by atoms with E-state index in [0.29, 0.717) is 6.54 Å². The number of hydrogen-bond donors (Lipinski definition) is 2. The molecule has 30 heavy (non-hydrogen) atoms. The SMILES string of the molecule is O=C(NCc1ccccc1C[NH+]1CCOCC1)C(c1ccccc1)c1ccccc1. The number of benzene rings is 3. The Kier molecular flexibility index (Phi) is 6.91. The van der Waals surface area contributed by atoms with Crippen molar-refractivity contribution in [3.63, 3.8) is 0 Å². The van der Waals surface area contributed by atoms with Crippen molar-refractivity contribution in [2.24, 2.45) is 0 Å². The Bertz CT molecular complexity index is 898. The van der Waals surface area contributed by atoms with E-state index in [1.54, 1.807) is 0 Å². The molecule has 3 aromatic carbocycles. The fraction of sp³-hybridized carbons (Fsp3) is 0.269. The van der Waals surface area contributed by atoms with Gasteiger partial charge in [0.15, 0.2) is 0 Å². The Morgan fingerprint density at radius 1 is 0.800 bits per heavy atom. The van der Waals surface area contributed by atoms with Crippen LogP contribution in [-0.2, 0) is 22.6 Å². The molecule has 0 aromatic heterocycles. The van der Waals surface area contributed by atoms with Crippen LogP contribution in [0.4, 0.5) is 0 Å². The van der Waals surface area contributed by atoms with Crippen LogP contribution in [0.2, 0.25) is 0 Å². The summed E-state index contributed by atoms with van der Waals surface area (Å²) in [4.78, 5) is 14.8. The molecule has 1 fully saturated rings. The molecular formula is C26H29N2O2+. The van der Waals surface area contributed by atoms with E-state index in [-0.39, 0.29) is 11.8 Å². The van der Waals surface area contributed by atoms with Crippen LogP contribution in [-0.4, -0.2) is 32.2 Å². The first-order valence-corrected chi connectivity index (χ1v) is 10.7. The van der Waals surface area contributed by atoms with Gasteiger partial charge in [-0.3, -0.25) is 4.79 Å². The van der Waals surface area contributed by atoms with Gasteiger partial charge in [-0.2, -0.15) is 0 Å². The van der Waals surface area contributed by atoms with E-state index in [9.17, 15) is 4.79 Å². The van der Waals surface area contributed by atoms with Crippen molar-refractivity contribution < 1.29 is 14.4 Å². The third-order valence-corrected chi connectivity index (χ3v) is 5.74. The lowest BCUT2D eigenvalue weighted by atomic mass is 9.90. The first-order chi connectivity index (χ1) is 14.8. The Morgan fingerprint density at radius 3 is 1.93 bits per heavy atom. The summed E-state index contributed by atoms with van der Waals surface area (Å²) in [7, 11) is 0. The zero-order valence-electron chi connectivity index (χ0n) is 17.2. The number of carbonyl (C=O) groups excluding carboxylic acids is 1. The van der Waals surface area contributed by atoms with Gasteiger partial charge in [0.05, 0.1) is 19.1 Å². The van der Waals surface area contributed by atoms with Gasteiger partial charge in [0.25, 0.3) is 0 Å². The van der Waals surface area contributed by atoms with Crippen molar-refractivity contribution in [3.05, 3.63) is 107 Å². The monoisotopic (exact) mass is 401 g/mol. The van der Waals surface area contributed by atoms with Gasteiger partial charge in [-0.05, 0) is 16.7 Å². The Morgan fingerprint density at radius 2 is 1.33 bits per heavy atom. The highest BCUT2D eigenvalue weighted by Gasteiger charge is 2.23. The van der Waals surface area contributed by atoms with E-state index < -0.39 is 0 Å². The lowest BCUT2D eigenvalue weighted by molar-refractivity contribution is -0.921. The van der Waals surface area contributed by atoms with Gasteiger partial charge in [0, 0.05) is 12.1 Å². The maximum atomic E-state index is 13.3. The van der Waals surface area contributed by atoms with Crippen LogP contribution in [0.3, 0.4) is 0 Å². The number of morpholine rings is 1. The number of carbonyl (C=O) groups is 1. The summed E-state index contributed by atoms with van der Waals surface area (Å²) < 4.78 is 5.48. The molecular weight excluding hydrogens is 372 g/mol. The third kappa shape index (κ3) is 5.15. The standard InChI is InChI=1S/C26H28N2O2/c29-26(25(21-9-3-1-4-10-21)22-11-5-2-6-12-22)27-19-23-13-7-8-14-24(23)20-28-15-17-30-18-16-28/h1-14,25H,15-20H2,(H,27,29)/p+1. The Labute approximate surface area is 178 Å². The van der Waals surface area contributed by atoms with Gasteiger partial charge in [0.2, 0.25) is 5.91 Å². The maximum Gasteiger partial charge on any atom is 0.232 e. The van der Waals surface area contributed by atoms with E-state index in [4.69, 9.17) is 4.74 Å². The first-order valence-electron chi connectivity index (χ1n) is 10.7. The molecule has 1 aliphatic heterocycles. The van der Waals surface area contributed by atoms with Crippen LogP contribution >= 0.6 is 0 Å². The van der Waals surface area contributed by atoms with Crippen LogP contribution in [0.1, 0.15) is 28.2 Å². The molecule has 154 valence electrons. The van der Waals surface area contributed by atoms with Crippen LogP contribution in [0, 0.1) is 0 Å². The number of quaternary nitrogens is 1. The molecule has 4 nitrogen and oxygen atoms in total. The molecule has 1 aliphatic rings. The second-order valence-corrected chi connectivity index (χ2v) is 7.78. The Balaban J connectivity index is 1.49. The fourth-order valence-corrected chi connectivity index (χ4v) is 4.08. The molecule has 0 spiro atoms. The normalized spacial score (nSPS) is 14.6. The lowest BCUT2D eigenvalue weighted by Gasteiger charge is -2.25. The molecule has 1 saturated heterocycles. The van der Waals surface area contributed by atoms with E-state index in [2.05, 4.69) is 23.5 Å². The third-order valence-electron chi connectivity index (χ3n) is 5.74. The average Bonchev–Trinajstić information content (AvgIpc) is 2.81. The lowest BCUT2D eigenvalue weighted by Crippen LogP contribution is -3.12. The second-order valence-electron chi connectivity index (χ2n) is 7.78. The van der Waals surface area contributed by atoms with E-state index in [1.807, 2.05) is 66.7 Å². The summed E-state index contributed by atoms with van der Waals surface area (Å²) in [6.07, 6.45) is 0. The van der Waals surface area contributed by atoms with Gasteiger partial charge in [-0.25, -0.2) is 0 Å². The number of rotatable bonds is 7. The van der Waals surface area contributed by atoms with E-state index in [1.165, 1.54) is 16.0 Å². The minimum absolute atomic E-state index is 0.0286. The highest BCUT2D eigenvalue weighted by molar-refractivity contribution is 5.87. The summed E-state index contributed by atoms with van der Waals surface area (Å²) >= 11 is 0. The van der Waals surface area contributed by atoms with Crippen molar-refractivity contribution in [1.82, 2.24) is 5.32 Å². The van der Waals surface area contributed by atoms with E-state index >= 15 is 0 Å². The zero-order chi connectivity index (χ0) is 20.6. The van der Waals surface area contributed by atoms with Crippen molar-refractivity contribution >= 4 is 5.91 Å². The average molecular weight is 402 g/mol.